The van der Waals surface area contributed by atoms with Crippen molar-refractivity contribution in [1.29, 1.82) is 0 Å². The van der Waals surface area contributed by atoms with Gasteiger partial charge in [0.1, 0.15) is 0 Å². The van der Waals surface area contributed by atoms with E-state index in [1.165, 1.54) is 5.56 Å². The Hall–Kier alpha value is -3.02. The highest BCUT2D eigenvalue weighted by Gasteiger charge is 2.29. The van der Waals surface area contributed by atoms with E-state index < -0.39 is 0 Å². The Labute approximate surface area is 151 Å². The molecule has 0 aliphatic carbocycles. The van der Waals surface area contributed by atoms with Crippen molar-refractivity contribution < 1.29 is 9.32 Å². The van der Waals surface area contributed by atoms with Crippen molar-refractivity contribution >= 4 is 5.91 Å². The van der Waals surface area contributed by atoms with Crippen LogP contribution in [0.3, 0.4) is 0 Å². The number of hydrogen-bond donors (Lipinski definition) is 0. The molecule has 4 rings (SSSR count). The van der Waals surface area contributed by atoms with E-state index in [1.807, 2.05) is 35.2 Å². The Morgan fingerprint density at radius 2 is 1.96 bits per heavy atom. The highest BCUT2D eigenvalue weighted by molar-refractivity contribution is 5.77. The molecular weight excluding hydrogens is 328 g/mol. The number of carbonyl (C=O) groups is 1. The van der Waals surface area contributed by atoms with Crippen LogP contribution in [0, 0.1) is 0 Å². The molecule has 1 amide bonds. The number of carbonyl (C=O) groups excluding carboxylic acids is 1. The zero-order chi connectivity index (χ0) is 17.8. The average Bonchev–Trinajstić information content (AvgIpc) is 3.37. The zero-order valence-electron chi connectivity index (χ0n) is 14.4. The van der Waals surface area contributed by atoms with Crippen LogP contribution in [0.25, 0.3) is 11.4 Å². The second-order valence-corrected chi connectivity index (χ2v) is 6.40. The molecule has 3 heterocycles. The minimum Gasteiger partial charge on any atom is -0.339 e. The predicted molar refractivity (Wildman–Crippen MR) is 96.0 cm³/mol. The maximum Gasteiger partial charge on any atom is 0.227 e. The van der Waals surface area contributed by atoms with E-state index in [4.69, 9.17) is 4.52 Å². The fraction of sp³-hybridized carbons (Fsp3) is 0.300. The number of nitrogens with zero attached hydrogens (tertiary/aromatic N) is 4. The van der Waals surface area contributed by atoms with Crippen LogP contribution in [0.1, 0.15) is 36.8 Å². The SMILES string of the molecule is O=C(CCc1nc(-c2ccncc2)no1)N1CCC[C@H]1c1ccccc1. The Morgan fingerprint density at radius 3 is 2.77 bits per heavy atom. The first kappa shape index (κ1) is 16.4. The van der Waals surface area contributed by atoms with Gasteiger partial charge >= 0.3 is 0 Å². The molecule has 1 atom stereocenters. The molecule has 3 aromatic rings. The Bertz CT molecular complexity index is 864. The number of pyridine rings is 1. The number of aryl methyl sites for hydroxylation is 1. The molecule has 1 aromatic carbocycles. The van der Waals surface area contributed by atoms with Gasteiger partial charge in [0, 0.05) is 37.3 Å². The third kappa shape index (κ3) is 3.49. The fourth-order valence-corrected chi connectivity index (χ4v) is 3.42. The van der Waals surface area contributed by atoms with E-state index in [2.05, 4.69) is 27.3 Å². The van der Waals surface area contributed by atoms with Crippen LogP contribution >= 0.6 is 0 Å². The molecule has 0 N–H and O–H groups in total. The van der Waals surface area contributed by atoms with E-state index in [9.17, 15) is 4.79 Å². The second-order valence-electron chi connectivity index (χ2n) is 6.40. The summed E-state index contributed by atoms with van der Waals surface area (Å²) in [5.41, 5.74) is 2.06. The molecule has 132 valence electrons. The summed E-state index contributed by atoms with van der Waals surface area (Å²) < 4.78 is 5.29. The highest BCUT2D eigenvalue weighted by atomic mass is 16.5. The summed E-state index contributed by atoms with van der Waals surface area (Å²) in [6.07, 6.45) is 6.26. The van der Waals surface area contributed by atoms with Crippen LogP contribution in [-0.4, -0.2) is 32.5 Å². The van der Waals surface area contributed by atoms with Gasteiger partial charge in [-0.05, 0) is 30.5 Å². The molecular formula is C20H20N4O2. The smallest absolute Gasteiger partial charge is 0.227 e. The molecule has 26 heavy (non-hydrogen) atoms. The van der Waals surface area contributed by atoms with Crippen LogP contribution in [0.15, 0.2) is 59.4 Å². The minimum absolute atomic E-state index is 0.139. The molecule has 6 heteroatoms. The third-order valence-corrected chi connectivity index (χ3v) is 4.72. The van der Waals surface area contributed by atoms with Crippen molar-refractivity contribution in [3.05, 3.63) is 66.3 Å². The van der Waals surface area contributed by atoms with Gasteiger partial charge in [-0.3, -0.25) is 9.78 Å². The van der Waals surface area contributed by atoms with Crippen molar-refractivity contribution in [2.75, 3.05) is 6.54 Å². The molecule has 1 aliphatic heterocycles. The van der Waals surface area contributed by atoms with E-state index in [0.717, 1.165) is 24.9 Å². The second kappa shape index (κ2) is 7.47. The van der Waals surface area contributed by atoms with E-state index in [-0.39, 0.29) is 11.9 Å². The van der Waals surface area contributed by atoms with Crippen LogP contribution in [0.4, 0.5) is 0 Å². The lowest BCUT2D eigenvalue weighted by atomic mass is 10.0. The quantitative estimate of drug-likeness (QED) is 0.706. The summed E-state index contributed by atoms with van der Waals surface area (Å²) in [4.78, 5) is 23.0. The molecule has 0 spiro atoms. The normalized spacial score (nSPS) is 16.8. The van der Waals surface area contributed by atoms with Crippen LogP contribution < -0.4 is 0 Å². The minimum atomic E-state index is 0.139. The molecule has 6 nitrogen and oxygen atoms in total. The predicted octanol–water partition coefficient (Wildman–Crippen LogP) is 3.43. The van der Waals surface area contributed by atoms with Crippen molar-refractivity contribution in [3.8, 4) is 11.4 Å². The van der Waals surface area contributed by atoms with Gasteiger partial charge in [-0.15, -0.1) is 0 Å². The fourth-order valence-electron chi connectivity index (χ4n) is 3.42. The summed E-state index contributed by atoms with van der Waals surface area (Å²) in [7, 11) is 0. The van der Waals surface area contributed by atoms with Crippen LogP contribution in [0.5, 0.6) is 0 Å². The number of rotatable bonds is 5. The van der Waals surface area contributed by atoms with Gasteiger partial charge in [-0.2, -0.15) is 4.98 Å². The molecule has 0 radical (unpaired) electrons. The topological polar surface area (TPSA) is 72.1 Å². The maximum absolute atomic E-state index is 12.7. The van der Waals surface area contributed by atoms with Gasteiger partial charge < -0.3 is 9.42 Å². The average molecular weight is 348 g/mol. The van der Waals surface area contributed by atoms with Gasteiger partial charge in [0.15, 0.2) is 0 Å². The van der Waals surface area contributed by atoms with Gasteiger partial charge in [-0.1, -0.05) is 35.5 Å². The Kier molecular flexibility index (Phi) is 4.73. The number of aromatic nitrogens is 3. The van der Waals surface area contributed by atoms with E-state index in [0.29, 0.717) is 24.6 Å². The van der Waals surface area contributed by atoms with Gasteiger partial charge in [0.05, 0.1) is 6.04 Å². The number of hydrogen-bond acceptors (Lipinski definition) is 5. The molecule has 0 saturated carbocycles. The summed E-state index contributed by atoms with van der Waals surface area (Å²) in [5, 5.41) is 3.99. The van der Waals surface area contributed by atoms with Crippen LogP contribution in [-0.2, 0) is 11.2 Å². The number of benzene rings is 1. The molecule has 2 aromatic heterocycles. The monoisotopic (exact) mass is 348 g/mol. The first-order valence-corrected chi connectivity index (χ1v) is 8.88. The standard InChI is InChI=1S/C20H20N4O2/c25-19(24-14-4-7-17(24)15-5-2-1-3-6-15)9-8-18-22-20(23-26-18)16-10-12-21-13-11-16/h1-3,5-6,10-13,17H,4,7-9,14H2/t17-/m0/s1. The highest BCUT2D eigenvalue weighted by Crippen LogP contribution is 2.32. The molecule has 1 saturated heterocycles. The maximum atomic E-state index is 12.7. The number of likely N-dealkylation sites (tertiary alicyclic amines) is 1. The van der Waals surface area contributed by atoms with E-state index in [1.54, 1.807) is 12.4 Å². The van der Waals surface area contributed by atoms with E-state index >= 15 is 0 Å². The molecule has 1 aliphatic rings. The van der Waals surface area contributed by atoms with Gasteiger partial charge in [-0.25, -0.2) is 0 Å². The lowest BCUT2D eigenvalue weighted by molar-refractivity contribution is -0.132. The summed E-state index contributed by atoms with van der Waals surface area (Å²) in [5.74, 6) is 1.15. The first-order valence-electron chi connectivity index (χ1n) is 8.88. The first-order chi connectivity index (χ1) is 12.8. The van der Waals surface area contributed by atoms with Crippen molar-refractivity contribution in [2.45, 2.75) is 31.7 Å². The Morgan fingerprint density at radius 1 is 1.15 bits per heavy atom. The molecule has 1 fully saturated rings. The zero-order valence-corrected chi connectivity index (χ0v) is 14.4. The molecule has 0 unspecified atom stereocenters. The third-order valence-electron chi connectivity index (χ3n) is 4.72. The largest absolute Gasteiger partial charge is 0.339 e. The Balaban J connectivity index is 1.39. The van der Waals surface area contributed by atoms with Crippen molar-refractivity contribution in [1.82, 2.24) is 20.0 Å². The lowest BCUT2D eigenvalue weighted by Crippen LogP contribution is -2.30. The van der Waals surface area contributed by atoms with Gasteiger partial charge in [0.2, 0.25) is 17.6 Å². The van der Waals surface area contributed by atoms with Crippen LogP contribution in [0.2, 0.25) is 0 Å². The molecule has 0 bridgehead atoms. The van der Waals surface area contributed by atoms with Crippen molar-refractivity contribution in [3.63, 3.8) is 0 Å². The van der Waals surface area contributed by atoms with Gasteiger partial charge in [0.25, 0.3) is 0 Å². The summed E-state index contributed by atoms with van der Waals surface area (Å²) in [6, 6.07) is 14.1. The summed E-state index contributed by atoms with van der Waals surface area (Å²) in [6.45, 7) is 0.810. The van der Waals surface area contributed by atoms with Crippen molar-refractivity contribution in [2.24, 2.45) is 0 Å². The lowest BCUT2D eigenvalue weighted by Gasteiger charge is -2.25. The summed E-state index contributed by atoms with van der Waals surface area (Å²) >= 11 is 0. The number of amides is 1.